The van der Waals surface area contributed by atoms with Gasteiger partial charge in [0, 0.05) is 6.10 Å². The van der Waals surface area contributed by atoms with Crippen LogP contribution in [0.5, 0.6) is 0 Å². The molecule has 0 N–H and O–H groups in total. The van der Waals surface area contributed by atoms with Crippen molar-refractivity contribution < 1.29 is 4.43 Å². The zero-order chi connectivity index (χ0) is 12.1. The molecule has 0 heterocycles. The molecular weight excluding hydrogens is 228 g/mol. The molecule has 0 aliphatic heterocycles. The summed E-state index contributed by atoms with van der Waals surface area (Å²) in [5.74, 6) is 0. The molecule has 0 bridgehead atoms. The highest BCUT2D eigenvalue weighted by Gasteiger charge is 2.05. The number of rotatable bonds is 5. The number of hydrogen-bond donors (Lipinski definition) is 0. The molecule has 0 saturated carbocycles. The Bertz CT molecular complexity index is 341. The molecule has 0 atom stereocenters. The van der Waals surface area contributed by atoms with Gasteiger partial charge < -0.3 is 4.43 Å². The summed E-state index contributed by atoms with van der Waals surface area (Å²) in [6.45, 7) is 13.0. The van der Waals surface area contributed by atoms with Gasteiger partial charge in [0.05, 0.1) is 8.80 Å². The summed E-state index contributed by atoms with van der Waals surface area (Å²) in [5, 5.41) is 2.72. The maximum Gasteiger partial charge on any atom is 0.192 e. The molecule has 0 radical (unpaired) electrons. The third kappa shape index (κ3) is 4.08. The predicted molar refractivity (Wildman–Crippen MR) is 78.8 cm³/mol. The van der Waals surface area contributed by atoms with Gasteiger partial charge in [0.15, 0.2) is 9.76 Å². The van der Waals surface area contributed by atoms with E-state index < -0.39 is 18.6 Å². The fourth-order valence-corrected chi connectivity index (χ4v) is 3.22. The molecule has 1 rings (SSSR count). The van der Waals surface area contributed by atoms with E-state index >= 15 is 0 Å². The van der Waals surface area contributed by atoms with Gasteiger partial charge in [0.1, 0.15) is 0 Å². The first-order valence-electron chi connectivity index (χ1n) is 5.90. The van der Waals surface area contributed by atoms with Crippen molar-refractivity contribution >= 4 is 28.9 Å². The Kier molecular flexibility index (Phi) is 5.18. The second kappa shape index (κ2) is 6.18. The highest BCUT2D eigenvalue weighted by molar-refractivity contribution is 6.76. The van der Waals surface area contributed by atoms with Crippen molar-refractivity contribution in [2.75, 3.05) is 0 Å². The second-order valence-corrected chi connectivity index (χ2v) is 9.18. The topological polar surface area (TPSA) is 9.23 Å². The summed E-state index contributed by atoms with van der Waals surface area (Å²) in [7, 11) is -1.29. The van der Waals surface area contributed by atoms with Crippen LogP contribution in [0.25, 0.3) is 5.20 Å². The Morgan fingerprint density at radius 2 is 1.81 bits per heavy atom. The van der Waals surface area contributed by atoms with E-state index in [0.717, 1.165) is 0 Å². The smallest absolute Gasteiger partial charge is 0.192 e. The van der Waals surface area contributed by atoms with Crippen LogP contribution in [0.4, 0.5) is 0 Å². The first-order chi connectivity index (χ1) is 7.50. The number of hydrogen-bond acceptors (Lipinski definition) is 1. The Balaban J connectivity index is 2.64. The van der Waals surface area contributed by atoms with Gasteiger partial charge in [-0.25, -0.2) is 0 Å². The normalized spacial score (nSPS) is 11.9. The van der Waals surface area contributed by atoms with E-state index in [9.17, 15) is 0 Å². The summed E-state index contributed by atoms with van der Waals surface area (Å²) in [6, 6.07) is 8.79. The van der Waals surface area contributed by atoms with E-state index in [2.05, 4.69) is 57.8 Å². The maximum absolute atomic E-state index is 5.70. The largest absolute Gasteiger partial charge is 0.416 e. The van der Waals surface area contributed by atoms with Crippen LogP contribution >= 0.6 is 0 Å². The molecule has 0 aliphatic carbocycles. The summed E-state index contributed by atoms with van der Waals surface area (Å²) in [6.07, 6.45) is 0.351. The lowest BCUT2D eigenvalue weighted by Gasteiger charge is -2.10. The first kappa shape index (κ1) is 13.4. The molecular formula is C13H22OSi2. The van der Waals surface area contributed by atoms with E-state index in [1.54, 1.807) is 0 Å². The van der Waals surface area contributed by atoms with Crippen molar-refractivity contribution in [3.05, 3.63) is 36.4 Å². The standard InChI is InChI=1S/C13H22OSi2/c1-10(2)14-15-13-8-6-12(7-9-13)11(3)16(4)5/h6-10,16H,3,15H2,1-2,4-5H3. The van der Waals surface area contributed by atoms with Crippen molar-refractivity contribution in [1.29, 1.82) is 0 Å². The Hall–Kier alpha value is -0.646. The minimum atomic E-state index is -0.754. The molecule has 0 amide bonds. The van der Waals surface area contributed by atoms with E-state index in [-0.39, 0.29) is 0 Å². The van der Waals surface area contributed by atoms with Gasteiger partial charge in [-0.1, -0.05) is 49.1 Å². The van der Waals surface area contributed by atoms with Gasteiger partial charge in [0.25, 0.3) is 0 Å². The molecule has 1 aromatic rings. The zero-order valence-corrected chi connectivity index (χ0v) is 13.4. The van der Waals surface area contributed by atoms with Gasteiger partial charge in [0.2, 0.25) is 0 Å². The quantitative estimate of drug-likeness (QED) is 0.725. The maximum atomic E-state index is 5.70. The summed E-state index contributed by atoms with van der Waals surface area (Å²) in [4.78, 5) is 0. The van der Waals surface area contributed by atoms with Crippen LogP contribution in [0.1, 0.15) is 19.4 Å². The average molecular weight is 250 g/mol. The summed E-state index contributed by atoms with van der Waals surface area (Å²) in [5.41, 5.74) is 1.31. The summed E-state index contributed by atoms with van der Waals surface area (Å²) >= 11 is 0. The van der Waals surface area contributed by atoms with Crippen molar-refractivity contribution in [2.24, 2.45) is 0 Å². The van der Waals surface area contributed by atoms with E-state index in [4.69, 9.17) is 4.43 Å². The molecule has 0 saturated heterocycles. The van der Waals surface area contributed by atoms with E-state index in [1.807, 2.05) is 0 Å². The molecule has 0 fully saturated rings. The predicted octanol–water partition coefficient (Wildman–Crippen LogP) is 1.86. The van der Waals surface area contributed by atoms with Crippen molar-refractivity contribution in [1.82, 2.24) is 0 Å². The Morgan fingerprint density at radius 3 is 2.25 bits per heavy atom. The van der Waals surface area contributed by atoms with Gasteiger partial charge >= 0.3 is 0 Å². The third-order valence-electron chi connectivity index (χ3n) is 2.60. The lowest BCUT2D eigenvalue weighted by molar-refractivity contribution is 0.260. The third-order valence-corrected chi connectivity index (χ3v) is 5.97. The molecule has 0 aliphatic rings. The van der Waals surface area contributed by atoms with Crippen LogP contribution in [-0.2, 0) is 4.43 Å². The van der Waals surface area contributed by atoms with Crippen LogP contribution in [0, 0.1) is 0 Å². The minimum absolute atomic E-state index is 0.351. The average Bonchev–Trinajstić information content (AvgIpc) is 2.26. The molecule has 1 aromatic carbocycles. The second-order valence-electron chi connectivity index (χ2n) is 4.74. The van der Waals surface area contributed by atoms with Crippen LogP contribution < -0.4 is 5.19 Å². The van der Waals surface area contributed by atoms with E-state index in [0.29, 0.717) is 6.10 Å². The highest BCUT2D eigenvalue weighted by Crippen LogP contribution is 2.13. The fraction of sp³-hybridized carbons (Fsp3) is 0.385. The van der Waals surface area contributed by atoms with Crippen LogP contribution in [0.3, 0.4) is 0 Å². The van der Waals surface area contributed by atoms with Crippen LogP contribution in [0.15, 0.2) is 30.8 Å². The Morgan fingerprint density at radius 1 is 1.25 bits per heavy atom. The van der Waals surface area contributed by atoms with Gasteiger partial charge in [-0.15, -0.1) is 0 Å². The fourth-order valence-electron chi connectivity index (χ4n) is 1.41. The molecule has 0 unspecified atom stereocenters. The molecule has 0 aromatic heterocycles. The van der Waals surface area contributed by atoms with Gasteiger partial charge in [-0.2, -0.15) is 0 Å². The lowest BCUT2D eigenvalue weighted by Crippen LogP contribution is -2.20. The van der Waals surface area contributed by atoms with Gasteiger partial charge in [-0.3, -0.25) is 0 Å². The molecule has 1 nitrogen and oxygen atoms in total. The zero-order valence-electron chi connectivity index (χ0n) is 10.8. The molecule has 16 heavy (non-hydrogen) atoms. The van der Waals surface area contributed by atoms with Crippen molar-refractivity contribution in [2.45, 2.75) is 33.0 Å². The number of benzene rings is 1. The molecule has 0 spiro atoms. The Labute approximate surface area is 103 Å². The molecule has 3 heteroatoms. The van der Waals surface area contributed by atoms with Gasteiger partial charge in [-0.05, 0) is 24.6 Å². The van der Waals surface area contributed by atoms with Crippen LogP contribution in [-0.4, -0.2) is 24.7 Å². The van der Waals surface area contributed by atoms with Crippen LogP contribution in [0.2, 0.25) is 13.1 Å². The minimum Gasteiger partial charge on any atom is -0.416 e. The first-order valence-corrected chi connectivity index (χ1v) is 10.1. The lowest BCUT2D eigenvalue weighted by atomic mass is 10.2. The monoisotopic (exact) mass is 250 g/mol. The molecule has 88 valence electrons. The van der Waals surface area contributed by atoms with Crippen molar-refractivity contribution in [3.8, 4) is 0 Å². The van der Waals surface area contributed by atoms with E-state index in [1.165, 1.54) is 15.9 Å². The summed E-state index contributed by atoms with van der Waals surface area (Å²) < 4.78 is 5.70. The SMILES string of the molecule is C=C(c1ccc([SiH2]OC(C)C)cc1)[SiH](C)C. The highest BCUT2D eigenvalue weighted by atomic mass is 28.3. The van der Waals surface area contributed by atoms with Crippen molar-refractivity contribution in [3.63, 3.8) is 0 Å².